The van der Waals surface area contributed by atoms with Gasteiger partial charge in [0.1, 0.15) is 14.0 Å². The van der Waals surface area contributed by atoms with Crippen molar-refractivity contribution >= 4 is 19.1 Å². The first-order valence-electron chi connectivity index (χ1n) is 8.52. The lowest BCUT2D eigenvalue weighted by Crippen LogP contribution is -2.27. The van der Waals surface area contributed by atoms with E-state index in [1.54, 1.807) is 0 Å². The second-order valence-electron chi connectivity index (χ2n) is 7.69. The van der Waals surface area contributed by atoms with E-state index in [9.17, 15) is 0 Å². The van der Waals surface area contributed by atoms with Crippen molar-refractivity contribution in [3.8, 4) is 5.88 Å². The van der Waals surface area contributed by atoms with E-state index in [0.29, 0.717) is 11.5 Å². The molecule has 6 heteroatoms. The summed E-state index contributed by atoms with van der Waals surface area (Å²) in [5.74, 6) is 0.567. The first kappa shape index (κ1) is 13.8. The zero-order valence-corrected chi connectivity index (χ0v) is 13.4. The summed E-state index contributed by atoms with van der Waals surface area (Å²) in [5.41, 5.74) is 2.40. The van der Waals surface area contributed by atoms with Crippen molar-refractivity contribution in [1.82, 2.24) is 14.4 Å². The lowest BCUT2D eigenvalue weighted by molar-refractivity contribution is -0.00627. The maximum absolute atomic E-state index is 6.02. The van der Waals surface area contributed by atoms with Crippen LogP contribution >= 0.6 is 0 Å². The molecule has 3 fully saturated rings. The third-order valence-corrected chi connectivity index (χ3v) is 5.84. The van der Waals surface area contributed by atoms with Crippen molar-refractivity contribution in [3.63, 3.8) is 0 Å². The van der Waals surface area contributed by atoms with E-state index in [1.807, 2.05) is 10.6 Å². The Balaban J connectivity index is 1.57. The molecule has 0 spiro atoms. The van der Waals surface area contributed by atoms with Crippen molar-refractivity contribution in [2.75, 3.05) is 6.61 Å². The number of hydrogen-bond donors (Lipinski definition) is 0. The van der Waals surface area contributed by atoms with Gasteiger partial charge in [0.2, 0.25) is 5.65 Å². The van der Waals surface area contributed by atoms with Gasteiger partial charge in [0.25, 0.3) is 5.88 Å². The maximum Gasteiger partial charge on any atom is 0.258 e. The minimum atomic E-state index is 0.0261. The maximum atomic E-state index is 6.02. The summed E-state index contributed by atoms with van der Waals surface area (Å²) in [7, 11) is 5.95. The predicted molar refractivity (Wildman–Crippen MR) is 86.5 cm³/mol. The molecule has 2 saturated carbocycles. The minimum Gasteiger partial charge on any atom is -0.472 e. The second-order valence-corrected chi connectivity index (χ2v) is 7.69. The Kier molecular flexibility index (Phi) is 2.71. The minimum absolute atomic E-state index is 0.0261. The SMILES string of the molecule is [B]c1cn2cc(C34CCC(C)(C3)OC4)nc2c(OC2CCC2)n1. The molecule has 2 aromatic rings. The smallest absolute Gasteiger partial charge is 0.258 e. The Labute approximate surface area is 136 Å². The van der Waals surface area contributed by atoms with E-state index >= 15 is 0 Å². The number of ether oxygens (including phenoxy) is 2. The van der Waals surface area contributed by atoms with Gasteiger partial charge in [-0.2, -0.15) is 0 Å². The molecule has 5 rings (SSSR count). The molecule has 23 heavy (non-hydrogen) atoms. The van der Waals surface area contributed by atoms with Crippen molar-refractivity contribution in [2.24, 2.45) is 0 Å². The van der Waals surface area contributed by atoms with Crippen LogP contribution in [0.4, 0.5) is 0 Å². The fraction of sp³-hybridized carbons (Fsp3) is 0.647. The van der Waals surface area contributed by atoms with Gasteiger partial charge in [0, 0.05) is 23.4 Å². The largest absolute Gasteiger partial charge is 0.472 e. The summed E-state index contributed by atoms with van der Waals surface area (Å²) < 4.78 is 14.0. The molecule has 0 amide bonds. The first-order chi connectivity index (χ1) is 11.1. The summed E-state index contributed by atoms with van der Waals surface area (Å²) in [4.78, 5) is 9.26. The highest BCUT2D eigenvalue weighted by atomic mass is 16.5. The number of fused-ring (bicyclic) bond motifs is 3. The topological polar surface area (TPSA) is 48.7 Å². The first-order valence-corrected chi connectivity index (χ1v) is 8.52. The van der Waals surface area contributed by atoms with Gasteiger partial charge < -0.3 is 13.9 Å². The highest BCUT2D eigenvalue weighted by molar-refractivity contribution is 6.30. The number of imidazole rings is 1. The summed E-state index contributed by atoms with van der Waals surface area (Å²) in [5, 5.41) is 0. The molecule has 3 heterocycles. The Morgan fingerprint density at radius 2 is 2.17 bits per heavy atom. The molecule has 2 bridgehead atoms. The molecule has 2 atom stereocenters. The van der Waals surface area contributed by atoms with Crippen LogP contribution in [0, 0.1) is 0 Å². The molecule has 118 valence electrons. The van der Waals surface area contributed by atoms with Crippen LogP contribution in [-0.4, -0.2) is 40.5 Å². The summed E-state index contributed by atoms with van der Waals surface area (Å²) in [6, 6.07) is 0. The van der Waals surface area contributed by atoms with Gasteiger partial charge in [-0.05, 0) is 45.4 Å². The van der Waals surface area contributed by atoms with Crippen LogP contribution in [0.15, 0.2) is 12.4 Å². The second kappa shape index (κ2) is 4.50. The van der Waals surface area contributed by atoms with E-state index in [1.165, 1.54) is 6.42 Å². The van der Waals surface area contributed by atoms with Gasteiger partial charge in [-0.25, -0.2) is 9.97 Å². The summed E-state index contributed by atoms with van der Waals surface area (Å²) >= 11 is 0. The van der Waals surface area contributed by atoms with Gasteiger partial charge >= 0.3 is 0 Å². The zero-order chi connectivity index (χ0) is 15.7. The van der Waals surface area contributed by atoms with E-state index in [4.69, 9.17) is 22.3 Å². The fourth-order valence-electron chi connectivity index (χ4n) is 4.22. The van der Waals surface area contributed by atoms with Crippen molar-refractivity contribution < 1.29 is 9.47 Å². The van der Waals surface area contributed by atoms with Crippen LogP contribution in [-0.2, 0) is 10.2 Å². The van der Waals surface area contributed by atoms with E-state index in [0.717, 1.165) is 50.1 Å². The fourth-order valence-corrected chi connectivity index (χ4v) is 4.22. The number of hydrogen-bond acceptors (Lipinski definition) is 4. The Hall–Kier alpha value is -1.56. The third-order valence-electron chi connectivity index (χ3n) is 5.84. The van der Waals surface area contributed by atoms with E-state index < -0.39 is 0 Å². The zero-order valence-electron chi connectivity index (χ0n) is 13.4. The lowest BCUT2D eigenvalue weighted by Gasteiger charge is -2.26. The monoisotopic (exact) mass is 309 g/mol. The predicted octanol–water partition coefficient (Wildman–Crippen LogP) is 1.66. The van der Waals surface area contributed by atoms with Crippen LogP contribution in [0.1, 0.15) is 51.1 Å². The molecule has 3 aliphatic rings. The van der Waals surface area contributed by atoms with Crippen LogP contribution in [0.5, 0.6) is 5.88 Å². The van der Waals surface area contributed by atoms with Crippen LogP contribution in [0.3, 0.4) is 0 Å². The molecule has 1 aliphatic heterocycles. The van der Waals surface area contributed by atoms with Crippen molar-refractivity contribution in [1.29, 1.82) is 0 Å². The Morgan fingerprint density at radius 3 is 2.78 bits per heavy atom. The average molecular weight is 309 g/mol. The van der Waals surface area contributed by atoms with Crippen LogP contribution < -0.4 is 10.3 Å². The highest BCUT2D eigenvalue weighted by Crippen LogP contribution is 2.53. The third kappa shape index (κ3) is 2.04. The average Bonchev–Trinajstić information content (AvgIpc) is 3.12. The molecule has 2 radical (unpaired) electrons. The molecule has 0 N–H and O–H groups in total. The molecular weight excluding hydrogens is 289 g/mol. The normalized spacial score (nSPS) is 33.3. The Bertz CT molecular complexity index is 775. The van der Waals surface area contributed by atoms with Crippen molar-refractivity contribution in [2.45, 2.75) is 62.6 Å². The van der Waals surface area contributed by atoms with Crippen molar-refractivity contribution in [3.05, 3.63) is 18.1 Å². The van der Waals surface area contributed by atoms with Crippen LogP contribution in [0.2, 0.25) is 0 Å². The summed E-state index contributed by atoms with van der Waals surface area (Å²) in [6.07, 6.45) is 10.9. The van der Waals surface area contributed by atoms with Gasteiger partial charge in [-0.3, -0.25) is 0 Å². The standard InChI is InChI=1S/C17H20BN3O2/c1-16-5-6-17(9-16,10-22-16)12-7-21-8-13(18)20-15(14(21)19-12)23-11-3-2-4-11/h7-8,11H,2-6,9-10H2,1H3. The molecule has 2 aromatic heterocycles. The van der Waals surface area contributed by atoms with Gasteiger partial charge in [-0.1, -0.05) is 0 Å². The molecule has 1 saturated heterocycles. The molecule has 2 unspecified atom stereocenters. The van der Waals surface area contributed by atoms with E-state index in [-0.39, 0.29) is 17.1 Å². The summed E-state index contributed by atoms with van der Waals surface area (Å²) in [6.45, 7) is 2.97. The highest BCUT2D eigenvalue weighted by Gasteiger charge is 2.55. The van der Waals surface area contributed by atoms with Gasteiger partial charge in [0.15, 0.2) is 0 Å². The molecule has 0 aromatic carbocycles. The number of aromatic nitrogens is 3. The lowest BCUT2D eigenvalue weighted by atomic mass is 9.84. The van der Waals surface area contributed by atoms with E-state index in [2.05, 4.69) is 18.1 Å². The number of rotatable bonds is 3. The van der Waals surface area contributed by atoms with Gasteiger partial charge in [-0.15, -0.1) is 0 Å². The molecule has 5 nitrogen and oxygen atoms in total. The van der Waals surface area contributed by atoms with Crippen LogP contribution in [0.25, 0.3) is 5.65 Å². The molecular formula is C17H20BN3O2. The molecule has 2 aliphatic carbocycles. The van der Waals surface area contributed by atoms with Gasteiger partial charge in [0.05, 0.1) is 17.9 Å². The Morgan fingerprint density at radius 1 is 1.30 bits per heavy atom. The quantitative estimate of drug-likeness (QED) is 0.809. The number of nitrogens with zero attached hydrogens (tertiary/aromatic N) is 3.